The molecule has 2 aromatic heterocycles. The summed E-state index contributed by atoms with van der Waals surface area (Å²) in [6, 6.07) is 9.33. The Morgan fingerprint density at radius 2 is 1.96 bits per heavy atom. The van der Waals surface area contributed by atoms with Crippen LogP contribution in [-0.2, 0) is 4.74 Å². The highest BCUT2D eigenvalue weighted by Gasteiger charge is 2.19. The number of nitrogens with zero attached hydrogens (tertiary/aromatic N) is 1. The Morgan fingerprint density at radius 3 is 2.75 bits per heavy atom. The summed E-state index contributed by atoms with van der Waals surface area (Å²) >= 11 is 1.40. The number of thiophene rings is 1. The second-order valence-electron chi connectivity index (χ2n) is 5.56. The number of para-hydroxylation sites is 1. The second kappa shape index (κ2) is 6.30. The van der Waals surface area contributed by atoms with Crippen molar-refractivity contribution in [3.05, 3.63) is 45.9 Å². The zero-order valence-corrected chi connectivity index (χ0v) is 14.1. The molecule has 0 N–H and O–H groups in total. The van der Waals surface area contributed by atoms with Crippen LogP contribution in [0.2, 0.25) is 0 Å². The first-order valence-corrected chi connectivity index (χ1v) is 8.67. The van der Waals surface area contributed by atoms with E-state index in [2.05, 4.69) is 0 Å². The maximum Gasteiger partial charge on any atom is 0.204 e. The largest absolute Gasteiger partial charge is 0.496 e. The standard InChI is InChI=1S/C18H17NO4S/c1-21-15-5-3-2-4-12(15)13-11-24-18-14(20)10-16(23-17(13)18)19-6-8-22-9-7-19/h2-5,10-11H,6-9H2,1H3. The summed E-state index contributed by atoms with van der Waals surface area (Å²) < 4.78 is 17.6. The summed E-state index contributed by atoms with van der Waals surface area (Å²) in [7, 11) is 1.64. The van der Waals surface area contributed by atoms with Crippen LogP contribution in [0.15, 0.2) is 44.9 Å². The zero-order valence-electron chi connectivity index (χ0n) is 13.3. The first-order chi connectivity index (χ1) is 11.8. The number of hydrogen-bond acceptors (Lipinski definition) is 6. The van der Waals surface area contributed by atoms with Gasteiger partial charge in [0.05, 0.1) is 20.3 Å². The van der Waals surface area contributed by atoms with E-state index in [-0.39, 0.29) is 5.43 Å². The monoisotopic (exact) mass is 343 g/mol. The molecule has 0 atom stereocenters. The Bertz CT molecular complexity index is 924. The van der Waals surface area contributed by atoms with E-state index in [1.807, 2.05) is 34.5 Å². The van der Waals surface area contributed by atoms with Gasteiger partial charge in [-0.05, 0) is 6.07 Å². The van der Waals surface area contributed by atoms with Gasteiger partial charge in [-0.25, -0.2) is 0 Å². The van der Waals surface area contributed by atoms with Crippen molar-refractivity contribution in [3.8, 4) is 16.9 Å². The van der Waals surface area contributed by atoms with Gasteiger partial charge < -0.3 is 18.8 Å². The molecule has 24 heavy (non-hydrogen) atoms. The van der Waals surface area contributed by atoms with Crippen molar-refractivity contribution in [2.45, 2.75) is 0 Å². The number of morpholine rings is 1. The summed E-state index contributed by atoms with van der Waals surface area (Å²) in [5.41, 5.74) is 2.43. The predicted molar refractivity (Wildman–Crippen MR) is 95.4 cm³/mol. The lowest BCUT2D eigenvalue weighted by atomic mass is 10.1. The average Bonchev–Trinajstić information content (AvgIpc) is 3.07. The highest BCUT2D eigenvalue weighted by atomic mass is 32.1. The molecule has 0 spiro atoms. The Balaban J connectivity index is 1.88. The minimum absolute atomic E-state index is 0.0103. The molecule has 1 aliphatic heterocycles. The predicted octanol–water partition coefficient (Wildman–Crippen LogP) is 3.37. The highest BCUT2D eigenvalue weighted by Crippen LogP contribution is 2.38. The lowest BCUT2D eigenvalue weighted by Crippen LogP contribution is -2.36. The van der Waals surface area contributed by atoms with Crippen molar-refractivity contribution in [2.75, 3.05) is 38.3 Å². The smallest absolute Gasteiger partial charge is 0.204 e. The Hall–Kier alpha value is -2.31. The van der Waals surface area contributed by atoms with Crippen LogP contribution in [-0.4, -0.2) is 33.4 Å². The van der Waals surface area contributed by atoms with E-state index < -0.39 is 0 Å². The number of methoxy groups -OCH3 is 1. The number of ether oxygens (including phenoxy) is 2. The van der Waals surface area contributed by atoms with E-state index in [0.717, 1.165) is 30.0 Å². The molecule has 3 heterocycles. The number of rotatable bonds is 3. The normalized spacial score (nSPS) is 15.0. The van der Waals surface area contributed by atoms with Crippen molar-refractivity contribution < 1.29 is 13.9 Å². The molecule has 1 saturated heterocycles. The number of benzene rings is 1. The van der Waals surface area contributed by atoms with Gasteiger partial charge in [0.1, 0.15) is 10.4 Å². The van der Waals surface area contributed by atoms with Gasteiger partial charge in [-0.15, -0.1) is 11.3 Å². The molecule has 0 radical (unpaired) electrons. The molecule has 5 nitrogen and oxygen atoms in total. The van der Waals surface area contributed by atoms with E-state index in [0.29, 0.717) is 29.4 Å². The maximum absolute atomic E-state index is 12.5. The molecule has 4 rings (SSSR count). The van der Waals surface area contributed by atoms with Crippen LogP contribution in [0.4, 0.5) is 5.88 Å². The lowest BCUT2D eigenvalue weighted by Gasteiger charge is -2.27. The van der Waals surface area contributed by atoms with Gasteiger partial charge in [0, 0.05) is 35.7 Å². The van der Waals surface area contributed by atoms with Gasteiger partial charge in [0.2, 0.25) is 5.43 Å². The maximum atomic E-state index is 12.5. The van der Waals surface area contributed by atoms with Gasteiger partial charge in [-0.3, -0.25) is 4.79 Å². The first-order valence-electron chi connectivity index (χ1n) is 7.79. The first kappa shape index (κ1) is 15.2. The van der Waals surface area contributed by atoms with Crippen LogP contribution in [0.3, 0.4) is 0 Å². The van der Waals surface area contributed by atoms with Gasteiger partial charge in [-0.1, -0.05) is 18.2 Å². The van der Waals surface area contributed by atoms with Crippen LogP contribution in [0.1, 0.15) is 0 Å². The minimum atomic E-state index is -0.0103. The summed E-state index contributed by atoms with van der Waals surface area (Å²) in [6.45, 7) is 2.74. The molecule has 3 aromatic rings. The number of hydrogen-bond donors (Lipinski definition) is 0. The summed E-state index contributed by atoms with van der Waals surface area (Å²) in [4.78, 5) is 14.6. The second-order valence-corrected chi connectivity index (χ2v) is 6.44. The van der Waals surface area contributed by atoms with Crippen LogP contribution in [0.5, 0.6) is 5.75 Å². The molecule has 0 saturated carbocycles. The fraction of sp³-hybridized carbons (Fsp3) is 0.278. The lowest BCUT2D eigenvalue weighted by molar-refractivity contribution is 0.121. The van der Waals surface area contributed by atoms with Gasteiger partial charge in [0.25, 0.3) is 0 Å². The van der Waals surface area contributed by atoms with Crippen LogP contribution >= 0.6 is 11.3 Å². The van der Waals surface area contributed by atoms with E-state index in [4.69, 9.17) is 13.9 Å². The van der Waals surface area contributed by atoms with Crippen LogP contribution < -0.4 is 15.1 Å². The zero-order chi connectivity index (χ0) is 16.5. The van der Waals surface area contributed by atoms with E-state index in [1.165, 1.54) is 11.3 Å². The van der Waals surface area contributed by atoms with Crippen molar-refractivity contribution in [2.24, 2.45) is 0 Å². The SMILES string of the molecule is COc1ccccc1-c1csc2c(=O)cc(N3CCOCC3)oc12. The van der Waals surface area contributed by atoms with Gasteiger partial charge >= 0.3 is 0 Å². The fourth-order valence-corrected chi connectivity index (χ4v) is 3.83. The molecular weight excluding hydrogens is 326 g/mol. The Kier molecular flexibility index (Phi) is 4.00. The van der Waals surface area contributed by atoms with Gasteiger partial charge in [-0.2, -0.15) is 0 Å². The molecule has 1 aliphatic rings. The fourth-order valence-electron chi connectivity index (χ4n) is 2.92. The molecule has 0 bridgehead atoms. The van der Waals surface area contributed by atoms with Crippen LogP contribution in [0.25, 0.3) is 21.4 Å². The van der Waals surface area contributed by atoms with Gasteiger partial charge in [0.15, 0.2) is 11.5 Å². The molecular formula is C18H17NO4S. The molecule has 0 unspecified atom stereocenters. The van der Waals surface area contributed by atoms with E-state index in [9.17, 15) is 4.79 Å². The third kappa shape index (κ3) is 2.57. The Labute approximate surface area is 143 Å². The van der Waals surface area contributed by atoms with Crippen LogP contribution in [0, 0.1) is 0 Å². The topological polar surface area (TPSA) is 51.9 Å². The van der Waals surface area contributed by atoms with Crippen molar-refractivity contribution in [1.82, 2.24) is 0 Å². The summed E-state index contributed by atoms with van der Waals surface area (Å²) in [5.74, 6) is 1.36. The quantitative estimate of drug-likeness (QED) is 0.730. The Morgan fingerprint density at radius 1 is 1.17 bits per heavy atom. The number of fused-ring (bicyclic) bond motifs is 1. The third-order valence-corrected chi connectivity index (χ3v) is 5.13. The van der Waals surface area contributed by atoms with Crippen molar-refractivity contribution in [1.29, 1.82) is 0 Å². The third-order valence-electron chi connectivity index (χ3n) is 4.15. The number of anilines is 1. The van der Waals surface area contributed by atoms with E-state index >= 15 is 0 Å². The summed E-state index contributed by atoms with van der Waals surface area (Å²) in [5, 5.41) is 1.95. The molecule has 1 aromatic carbocycles. The molecule has 6 heteroatoms. The molecule has 124 valence electrons. The highest BCUT2D eigenvalue weighted by molar-refractivity contribution is 7.17. The molecule has 1 fully saturated rings. The van der Waals surface area contributed by atoms with E-state index in [1.54, 1.807) is 13.2 Å². The molecule has 0 amide bonds. The van der Waals surface area contributed by atoms with Crippen molar-refractivity contribution >= 4 is 27.5 Å². The summed E-state index contributed by atoms with van der Waals surface area (Å²) in [6.07, 6.45) is 0. The minimum Gasteiger partial charge on any atom is -0.496 e. The molecule has 0 aliphatic carbocycles. The average molecular weight is 343 g/mol. The van der Waals surface area contributed by atoms with Crippen molar-refractivity contribution in [3.63, 3.8) is 0 Å².